The van der Waals surface area contributed by atoms with Gasteiger partial charge in [-0.1, -0.05) is 0 Å². The monoisotopic (exact) mass is 457 g/mol. The first-order chi connectivity index (χ1) is 7.38. The topological polar surface area (TPSA) is 83.5 Å². The van der Waals surface area contributed by atoms with Crippen molar-refractivity contribution in [2.45, 2.75) is 20.9 Å². The van der Waals surface area contributed by atoms with Gasteiger partial charge in [0.15, 0.2) is 0 Å². The number of hydrogen-bond acceptors (Lipinski definition) is 5. The second-order valence-electron chi connectivity index (χ2n) is 3.70. The zero-order valence-corrected chi connectivity index (χ0v) is 14.3. The van der Waals surface area contributed by atoms with Crippen LogP contribution in [0, 0.1) is 0 Å². The quantitative estimate of drug-likeness (QED) is 0.0662. The number of esters is 1. The molecule has 7 heteroatoms. The third kappa shape index (κ3) is 2.79. The van der Waals surface area contributed by atoms with E-state index in [0.29, 0.717) is 6.61 Å². The van der Waals surface area contributed by atoms with E-state index in [1.807, 2.05) is 13.8 Å². The Morgan fingerprint density at radius 2 is 2.19 bits per heavy atom. The van der Waals surface area contributed by atoms with Crippen LogP contribution in [-0.4, -0.2) is 36.3 Å². The summed E-state index contributed by atoms with van der Waals surface area (Å²) in [5.74, 6) is -0.205. The Bertz CT molecular complexity index is 271. The Kier molecular flexibility index (Phi) is 5.24. The van der Waals surface area contributed by atoms with Crippen LogP contribution in [0.5, 0.6) is 0 Å². The summed E-state index contributed by atoms with van der Waals surface area (Å²) in [7, 11) is 0. The summed E-state index contributed by atoms with van der Waals surface area (Å²) >= 11 is -1.70. The van der Waals surface area contributed by atoms with E-state index >= 15 is 0 Å². The van der Waals surface area contributed by atoms with Crippen molar-refractivity contribution >= 4 is 25.8 Å². The van der Waals surface area contributed by atoms with E-state index in [1.54, 1.807) is 0 Å². The summed E-state index contributed by atoms with van der Waals surface area (Å²) in [5, 5.41) is 0. The van der Waals surface area contributed by atoms with Crippen LogP contribution in [0.2, 0.25) is 0 Å². The van der Waals surface area contributed by atoms with Crippen LogP contribution >= 0.6 is 19.8 Å². The van der Waals surface area contributed by atoms with Gasteiger partial charge in [0.2, 0.25) is 0 Å². The van der Waals surface area contributed by atoms with E-state index in [4.69, 9.17) is 15.2 Å². The number of carbonyl (C=O) groups is 1. The van der Waals surface area contributed by atoms with Crippen molar-refractivity contribution in [1.29, 1.82) is 0 Å². The number of carbonyl (C=O) groups excluding carboxylic acids is 1. The summed E-state index contributed by atoms with van der Waals surface area (Å²) in [4.78, 5) is 16.4. The van der Waals surface area contributed by atoms with Gasteiger partial charge in [0.05, 0.1) is 0 Å². The molecule has 0 bridgehead atoms. The third-order valence-electron chi connectivity index (χ3n) is 2.60. The normalized spacial score (nSPS) is 28.7. The van der Waals surface area contributed by atoms with E-state index in [9.17, 15) is 4.79 Å². The fourth-order valence-electron chi connectivity index (χ4n) is 1.12. The van der Waals surface area contributed by atoms with Gasteiger partial charge in [0.1, 0.15) is 0 Å². The van der Waals surface area contributed by atoms with Gasteiger partial charge in [-0.15, -0.1) is 0 Å². The Labute approximate surface area is 114 Å². The Morgan fingerprint density at radius 1 is 1.62 bits per heavy atom. The van der Waals surface area contributed by atoms with Crippen molar-refractivity contribution in [2.75, 3.05) is 23.3 Å². The number of rotatable bonds is 6. The molecule has 0 amide bonds. The summed E-state index contributed by atoms with van der Waals surface area (Å²) in [6.45, 7) is 4.38. The zero-order valence-electron chi connectivity index (χ0n) is 9.97. The molecule has 98 valence electrons. The maximum atomic E-state index is 12.1. The Morgan fingerprint density at radius 3 is 2.56 bits per heavy atom. The van der Waals surface area contributed by atoms with Gasteiger partial charge in [-0.25, -0.2) is 0 Å². The molecule has 2 atom stereocenters. The first-order valence-electron chi connectivity index (χ1n) is 4.84. The van der Waals surface area contributed by atoms with Gasteiger partial charge in [0, 0.05) is 0 Å². The third-order valence-corrected chi connectivity index (χ3v) is 12.0. The van der Waals surface area contributed by atoms with Crippen molar-refractivity contribution in [3.63, 3.8) is 0 Å². The molecular formula is C9H19I2N2O3-. The van der Waals surface area contributed by atoms with E-state index in [0.717, 1.165) is 0 Å². The molecule has 0 spiro atoms. The average Bonchev–Trinajstić information content (AvgIpc) is 2.96. The fraction of sp³-hybridized carbons (Fsp3) is 0.889. The molecule has 3 N–H and O–H groups in total. The molecule has 1 aliphatic rings. The van der Waals surface area contributed by atoms with Crippen molar-refractivity contribution in [1.82, 2.24) is 3.53 Å². The summed E-state index contributed by atoms with van der Waals surface area (Å²) in [6.07, 6.45) is 0. The molecule has 16 heavy (non-hydrogen) atoms. The number of nitrogens with two attached hydrogens (primary N) is 1. The fourth-order valence-corrected chi connectivity index (χ4v) is 9.35. The van der Waals surface area contributed by atoms with E-state index in [-0.39, 0.29) is 34.2 Å². The molecule has 2 unspecified atom stereocenters. The van der Waals surface area contributed by atoms with Gasteiger partial charge >= 0.3 is 115 Å². The molecular weight excluding hydrogens is 438 g/mol. The van der Waals surface area contributed by atoms with E-state index < -0.39 is 26.9 Å². The zero-order chi connectivity index (χ0) is 12.4. The molecule has 0 radical (unpaired) electrons. The van der Waals surface area contributed by atoms with Gasteiger partial charge < -0.3 is 0 Å². The molecule has 1 saturated heterocycles. The molecule has 5 nitrogen and oxygen atoms in total. The molecule has 1 heterocycles. The van der Waals surface area contributed by atoms with E-state index in [2.05, 4.69) is 13.4 Å². The summed E-state index contributed by atoms with van der Waals surface area (Å²) < 4.78 is 12.4. The minimum atomic E-state index is -1.44. The van der Waals surface area contributed by atoms with Crippen molar-refractivity contribution in [2.24, 2.45) is 5.73 Å². The van der Waals surface area contributed by atoms with Crippen molar-refractivity contribution < 1.29 is 35.7 Å². The van der Waals surface area contributed by atoms with Crippen LogP contribution in [-0.2, 0) is 14.3 Å². The number of halogens is 2. The van der Waals surface area contributed by atoms with Crippen LogP contribution in [0.3, 0.4) is 0 Å². The van der Waals surface area contributed by atoms with Gasteiger partial charge in [-0.2, -0.15) is 0 Å². The Hall–Kier alpha value is 0.810. The average molecular weight is 457 g/mol. The first-order valence-corrected chi connectivity index (χ1v) is 12.4. The van der Waals surface area contributed by atoms with Crippen LogP contribution in [0.15, 0.2) is 0 Å². The number of hydrogen-bond donors (Lipinski definition) is 2. The predicted octanol–water partition coefficient (Wildman–Crippen LogP) is -2.73. The Balaban J connectivity index is 2.67. The molecule has 0 aliphatic carbocycles. The number of ether oxygens (including phenoxy) is 2. The second kappa shape index (κ2) is 5.63. The molecule has 1 rings (SSSR count). The van der Waals surface area contributed by atoms with Crippen LogP contribution in [0.4, 0.5) is 0 Å². The molecule has 1 aliphatic heterocycles. The minimum absolute atomic E-state index is 0.0311. The first kappa shape index (κ1) is 14.9. The SMILES string of the molecule is CCOCOC(=O)C(C)(I(C)C)C1(N)N[I-]1. The van der Waals surface area contributed by atoms with Gasteiger partial charge in [0.25, 0.3) is 0 Å². The second-order valence-corrected chi connectivity index (χ2v) is 13.0. The summed E-state index contributed by atoms with van der Waals surface area (Å²) in [6, 6.07) is 0. The van der Waals surface area contributed by atoms with Crippen LogP contribution in [0.1, 0.15) is 13.8 Å². The van der Waals surface area contributed by atoms with E-state index in [1.165, 1.54) is 0 Å². The molecule has 0 aromatic heterocycles. The number of nitrogens with one attached hydrogen (secondary N) is 1. The van der Waals surface area contributed by atoms with Crippen LogP contribution in [0.25, 0.3) is 0 Å². The van der Waals surface area contributed by atoms with Crippen LogP contribution < -0.4 is 30.7 Å². The number of alkyl halides is 4. The molecule has 1 fully saturated rings. The van der Waals surface area contributed by atoms with Gasteiger partial charge in [-0.05, 0) is 0 Å². The standard InChI is InChI=1S/C9H19I2N2O3/c1-5-15-6-16-7(14)8(2,11(3)4)9(12)10-13-9/h13H,5-6,12H2,1-4H3/q-1. The molecule has 0 aromatic carbocycles. The molecule has 0 saturated carbocycles. The van der Waals surface area contributed by atoms with Crippen molar-refractivity contribution in [3.05, 3.63) is 0 Å². The predicted molar refractivity (Wildman–Crippen MR) is 66.9 cm³/mol. The maximum absolute atomic E-state index is 12.1. The molecule has 0 aromatic rings. The van der Waals surface area contributed by atoms with Gasteiger partial charge in [-0.3, -0.25) is 0 Å². The van der Waals surface area contributed by atoms with Crippen molar-refractivity contribution in [3.8, 4) is 0 Å². The summed E-state index contributed by atoms with van der Waals surface area (Å²) in [5.41, 5.74) is 6.17.